The van der Waals surface area contributed by atoms with Crippen LogP contribution in [0.5, 0.6) is 0 Å². The Labute approximate surface area is 88.9 Å². The lowest BCUT2D eigenvalue weighted by atomic mass is 10.3. The van der Waals surface area contributed by atoms with Gasteiger partial charge in [0.25, 0.3) is 0 Å². The molecular weight excluding hydrogens is 220 g/mol. The minimum Gasteiger partial charge on any atom is -0.345 e. The summed E-state index contributed by atoms with van der Waals surface area (Å²) >= 11 is 5.99. The normalized spacial score (nSPS) is 13.3. The van der Waals surface area contributed by atoms with Crippen LogP contribution < -0.4 is 0 Å². The molecule has 0 fully saturated rings. The van der Waals surface area contributed by atoms with Crippen molar-refractivity contribution in [2.45, 2.75) is 11.8 Å². The number of imidazole rings is 1. The molecule has 1 unspecified atom stereocenters. The zero-order valence-electron chi connectivity index (χ0n) is 7.58. The van der Waals surface area contributed by atoms with E-state index >= 15 is 0 Å². The minimum absolute atomic E-state index is 0.518. The molecule has 0 bridgehead atoms. The first-order valence-corrected chi connectivity index (χ1v) is 5.93. The number of rotatable bonds is 2. The van der Waals surface area contributed by atoms with E-state index in [1.54, 1.807) is 18.5 Å². The summed E-state index contributed by atoms with van der Waals surface area (Å²) in [7, 11) is -1.02. The molecule has 5 heteroatoms. The van der Waals surface area contributed by atoms with Crippen molar-refractivity contribution >= 4 is 33.4 Å². The van der Waals surface area contributed by atoms with Crippen LogP contribution >= 0.6 is 11.6 Å². The minimum atomic E-state index is -1.02. The highest BCUT2D eigenvalue weighted by molar-refractivity contribution is 7.85. The van der Waals surface area contributed by atoms with Gasteiger partial charge >= 0.3 is 0 Å². The number of H-pyrrole nitrogens is 1. The molecule has 14 heavy (non-hydrogen) atoms. The summed E-state index contributed by atoms with van der Waals surface area (Å²) in [5.41, 5.74) is 1.66. The van der Waals surface area contributed by atoms with Gasteiger partial charge in [0.05, 0.1) is 38.1 Å². The molecule has 3 nitrogen and oxygen atoms in total. The fourth-order valence-corrected chi connectivity index (χ4v) is 2.52. The summed E-state index contributed by atoms with van der Waals surface area (Å²) in [6.45, 7) is 1.86. The number of benzene rings is 1. The number of aromatic nitrogens is 2. The van der Waals surface area contributed by atoms with Crippen molar-refractivity contribution in [2.75, 3.05) is 5.75 Å². The fourth-order valence-electron chi connectivity index (χ4n) is 1.27. The van der Waals surface area contributed by atoms with E-state index in [1.807, 2.05) is 6.92 Å². The molecule has 0 aliphatic heterocycles. The van der Waals surface area contributed by atoms with Crippen LogP contribution in [-0.4, -0.2) is 19.9 Å². The third-order valence-electron chi connectivity index (χ3n) is 1.98. The van der Waals surface area contributed by atoms with E-state index in [0.29, 0.717) is 15.7 Å². The molecule has 1 aromatic heterocycles. The highest BCUT2D eigenvalue weighted by Gasteiger charge is 2.09. The monoisotopic (exact) mass is 228 g/mol. The molecule has 0 spiro atoms. The molecule has 0 saturated heterocycles. The molecule has 2 aromatic rings. The summed E-state index contributed by atoms with van der Waals surface area (Å²) in [5, 5.41) is 0.518. The van der Waals surface area contributed by atoms with Gasteiger partial charge in [-0.15, -0.1) is 0 Å². The second-order valence-electron chi connectivity index (χ2n) is 2.84. The van der Waals surface area contributed by atoms with Crippen LogP contribution in [0.1, 0.15) is 6.92 Å². The Balaban J connectivity index is 2.64. The number of aromatic amines is 1. The zero-order chi connectivity index (χ0) is 10.1. The first-order chi connectivity index (χ1) is 6.72. The van der Waals surface area contributed by atoms with Crippen LogP contribution in [0.15, 0.2) is 23.4 Å². The van der Waals surface area contributed by atoms with Crippen molar-refractivity contribution in [3.63, 3.8) is 0 Å². The third kappa shape index (κ3) is 1.55. The predicted octanol–water partition coefficient (Wildman–Crippen LogP) is 2.34. The van der Waals surface area contributed by atoms with Crippen LogP contribution in [0.25, 0.3) is 11.0 Å². The molecule has 0 saturated carbocycles. The molecule has 0 radical (unpaired) electrons. The molecule has 0 aliphatic carbocycles. The van der Waals surface area contributed by atoms with Crippen molar-refractivity contribution in [1.82, 2.24) is 9.97 Å². The highest BCUT2D eigenvalue weighted by atomic mass is 35.5. The molecule has 0 amide bonds. The average molecular weight is 229 g/mol. The van der Waals surface area contributed by atoms with Gasteiger partial charge in [0.2, 0.25) is 0 Å². The van der Waals surface area contributed by atoms with Gasteiger partial charge in [-0.25, -0.2) is 4.98 Å². The largest absolute Gasteiger partial charge is 0.345 e. The molecule has 0 aliphatic rings. The van der Waals surface area contributed by atoms with E-state index in [4.69, 9.17) is 11.6 Å². The van der Waals surface area contributed by atoms with Gasteiger partial charge in [-0.2, -0.15) is 0 Å². The lowest BCUT2D eigenvalue weighted by Crippen LogP contribution is -1.94. The van der Waals surface area contributed by atoms with E-state index in [1.165, 1.54) is 0 Å². The molecule has 2 rings (SSSR count). The quantitative estimate of drug-likeness (QED) is 0.858. The topological polar surface area (TPSA) is 45.8 Å². The van der Waals surface area contributed by atoms with Crippen LogP contribution in [0.4, 0.5) is 0 Å². The van der Waals surface area contributed by atoms with Gasteiger partial charge in [0.15, 0.2) is 0 Å². The van der Waals surface area contributed by atoms with Gasteiger partial charge in [0.1, 0.15) is 0 Å². The van der Waals surface area contributed by atoms with Gasteiger partial charge in [0, 0.05) is 5.75 Å². The number of nitrogens with zero attached hydrogens (tertiary/aromatic N) is 1. The number of halogens is 1. The summed E-state index contributed by atoms with van der Waals surface area (Å²) in [6.07, 6.45) is 1.60. The Bertz CT molecular complexity index is 495. The number of fused-ring (bicyclic) bond motifs is 1. The van der Waals surface area contributed by atoms with Crippen molar-refractivity contribution in [3.8, 4) is 0 Å². The van der Waals surface area contributed by atoms with E-state index in [0.717, 1.165) is 11.0 Å². The standard InChI is InChI=1S/C9H9ClN2OS/c1-2-14(13)9-4-8-7(3-6(9)10)11-5-12-8/h3-5H,2H2,1H3,(H,11,12). The molecule has 1 atom stereocenters. The molecule has 1 N–H and O–H groups in total. The number of hydrogen-bond donors (Lipinski definition) is 1. The van der Waals surface area contributed by atoms with E-state index in [2.05, 4.69) is 9.97 Å². The number of hydrogen-bond acceptors (Lipinski definition) is 2. The Hall–Kier alpha value is -0.870. The Kier molecular flexibility index (Phi) is 2.56. The first kappa shape index (κ1) is 9.68. The lowest BCUT2D eigenvalue weighted by molar-refractivity contribution is 0.684. The van der Waals surface area contributed by atoms with Gasteiger partial charge in [-0.05, 0) is 12.1 Å². The number of nitrogens with one attached hydrogen (secondary N) is 1. The Morgan fingerprint density at radius 2 is 2.36 bits per heavy atom. The smallest absolute Gasteiger partial charge is 0.0931 e. The Morgan fingerprint density at radius 1 is 1.57 bits per heavy atom. The van der Waals surface area contributed by atoms with E-state index in [-0.39, 0.29) is 0 Å². The summed E-state index contributed by atoms with van der Waals surface area (Å²) in [4.78, 5) is 7.70. The Morgan fingerprint density at radius 3 is 3.07 bits per heavy atom. The average Bonchev–Trinajstić information content (AvgIpc) is 2.62. The fraction of sp³-hybridized carbons (Fsp3) is 0.222. The predicted molar refractivity (Wildman–Crippen MR) is 58.1 cm³/mol. The van der Waals surface area contributed by atoms with Crippen molar-refractivity contribution in [3.05, 3.63) is 23.5 Å². The second-order valence-corrected chi connectivity index (χ2v) is 4.95. The molecule has 1 heterocycles. The van der Waals surface area contributed by atoms with Crippen molar-refractivity contribution in [1.29, 1.82) is 0 Å². The van der Waals surface area contributed by atoms with Crippen LogP contribution in [0.3, 0.4) is 0 Å². The molecular formula is C9H9ClN2OS. The summed E-state index contributed by atoms with van der Waals surface area (Å²) in [6, 6.07) is 3.53. The van der Waals surface area contributed by atoms with E-state index in [9.17, 15) is 4.21 Å². The summed E-state index contributed by atoms with van der Waals surface area (Å²) in [5.74, 6) is 0.569. The van der Waals surface area contributed by atoms with Gasteiger partial charge in [-0.1, -0.05) is 18.5 Å². The van der Waals surface area contributed by atoms with E-state index < -0.39 is 10.8 Å². The maximum absolute atomic E-state index is 11.6. The third-order valence-corrected chi connectivity index (χ3v) is 3.76. The van der Waals surface area contributed by atoms with Gasteiger partial charge in [-0.3, -0.25) is 4.21 Å². The maximum Gasteiger partial charge on any atom is 0.0931 e. The lowest BCUT2D eigenvalue weighted by Gasteiger charge is -2.01. The SMILES string of the molecule is CCS(=O)c1cc2[nH]cnc2cc1Cl. The van der Waals surface area contributed by atoms with Crippen LogP contribution in [0, 0.1) is 0 Å². The molecule has 74 valence electrons. The highest BCUT2D eigenvalue weighted by Crippen LogP contribution is 2.24. The van der Waals surface area contributed by atoms with Crippen LogP contribution in [0.2, 0.25) is 5.02 Å². The second kappa shape index (κ2) is 3.71. The zero-order valence-corrected chi connectivity index (χ0v) is 9.15. The van der Waals surface area contributed by atoms with Crippen molar-refractivity contribution in [2.24, 2.45) is 0 Å². The summed E-state index contributed by atoms with van der Waals surface area (Å²) < 4.78 is 11.6. The molecule has 1 aromatic carbocycles. The first-order valence-electron chi connectivity index (χ1n) is 4.23. The van der Waals surface area contributed by atoms with Crippen molar-refractivity contribution < 1.29 is 4.21 Å². The van der Waals surface area contributed by atoms with Crippen LogP contribution in [-0.2, 0) is 10.8 Å². The maximum atomic E-state index is 11.6. The van der Waals surface area contributed by atoms with Gasteiger partial charge < -0.3 is 4.98 Å².